The molecule has 0 fully saturated rings. The Labute approximate surface area is 134 Å². The minimum absolute atomic E-state index is 0.0734. The number of benzene rings is 1. The minimum Gasteiger partial charge on any atom is -0.490 e. The standard InChI is InChI=1S/C18H19N3O2/c1-3-13(2)23-17-7-5-4-6-14(17)11-21-12-20-16-10-19-9-8-15(16)18(21)22/h4-10,12-13H,3,11H2,1-2H3. The van der Waals surface area contributed by atoms with E-state index in [-0.39, 0.29) is 11.7 Å². The lowest BCUT2D eigenvalue weighted by Crippen LogP contribution is -2.22. The summed E-state index contributed by atoms with van der Waals surface area (Å²) in [4.78, 5) is 20.9. The van der Waals surface area contributed by atoms with E-state index in [1.807, 2.05) is 31.2 Å². The van der Waals surface area contributed by atoms with Crippen LogP contribution in [0, 0.1) is 0 Å². The molecule has 23 heavy (non-hydrogen) atoms. The van der Waals surface area contributed by atoms with Gasteiger partial charge in [0.1, 0.15) is 5.75 Å². The summed E-state index contributed by atoms with van der Waals surface area (Å²) < 4.78 is 7.55. The van der Waals surface area contributed by atoms with Gasteiger partial charge in [-0.15, -0.1) is 0 Å². The number of fused-ring (bicyclic) bond motifs is 1. The van der Waals surface area contributed by atoms with Crippen LogP contribution in [-0.4, -0.2) is 20.6 Å². The van der Waals surface area contributed by atoms with Crippen LogP contribution in [0.15, 0.2) is 53.8 Å². The summed E-state index contributed by atoms with van der Waals surface area (Å²) >= 11 is 0. The van der Waals surface area contributed by atoms with Crippen molar-refractivity contribution in [3.8, 4) is 5.75 Å². The highest BCUT2D eigenvalue weighted by atomic mass is 16.5. The molecule has 5 heteroatoms. The molecule has 118 valence electrons. The van der Waals surface area contributed by atoms with E-state index < -0.39 is 0 Å². The number of aromatic nitrogens is 3. The van der Waals surface area contributed by atoms with Gasteiger partial charge in [0.15, 0.2) is 0 Å². The molecule has 0 radical (unpaired) electrons. The number of hydrogen-bond donors (Lipinski definition) is 0. The lowest BCUT2D eigenvalue weighted by molar-refractivity contribution is 0.215. The topological polar surface area (TPSA) is 57.0 Å². The highest BCUT2D eigenvalue weighted by Crippen LogP contribution is 2.21. The Morgan fingerprint density at radius 3 is 2.91 bits per heavy atom. The fourth-order valence-electron chi connectivity index (χ4n) is 2.35. The first-order valence-corrected chi connectivity index (χ1v) is 7.72. The molecule has 0 amide bonds. The molecule has 1 aromatic carbocycles. The zero-order valence-electron chi connectivity index (χ0n) is 13.3. The molecule has 5 nitrogen and oxygen atoms in total. The van der Waals surface area contributed by atoms with Crippen molar-refractivity contribution in [1.82, 2.24) is 14.5 Å². The summed E-state index contributed by atoms with van der Waals surface area (Å²) in [5.74, 6) is 0.809. The molecule has 0 N–H and O–H groups in total. The average molecular weight is 309 g/mol. The molecule has 1 unspecified atom stereocenters. The Bertz CT molecular complexity index is 873. The number of nitrogens with zero attached hydrogens (tertiary/aromatic N) is 3. The second-order valence-corrected chi connectivity index (χ2v) is 5.51. The third kappa shape index (κ3) is 3.23. The van der Waals surface area contributed by atoms with E-state index in [4.69, 9.17) is 4.74 Å². The monoisotopic (exact) mass is 309 g/mol. The molecule has 2 heterocycles. The third-order valence-electron chi connectivity index (χ3n) is 3.84. The van der Waals surface area contributed by atoms with Crippen LogP contribution >= 0.6 is 0 Å². The second kappa shape index (κ2) is 6.60. The molecular formula is C18H19N3O2. The van der Waals surface area contributed by atoms with E-state index in [0.717, 1.165) is 17.7 Å². The summed E-state index contributed by atoms with van der Waals surface area (Å²) in [7, 11) is 0. The van der Waals surface area contributed by atoms with Gasteiger partial charge in [0.2, 0.25) is 0 Å². The second-order valence-electron chi connectivity index (χ2n) is 5.51. The molecule has 0 aliphatic heterocycles. The van der Waals surface area contributed by atoms with E-state index in [1.54, 1.807) is 29.4 Å². The van der Waals surface area contributed by atoms with E-state index in [9.17, 15) is 4.79 Å². The van der Waals surface area contributed by atoms with Gasteiger partial charge in [0.25, 0.3) is 5.56 Å². The summed E-state index contributed by atoms with van der Waals surface area (Å²) in [5.41, 5.74) is 1.50. The fraction of sp³-hybridized carbons (Fsp3) is 0.278. The maximum atomic E-state index is 12.6. The predicted molar refractivity (Wildman–Crippen MR) is 89.7 cm³/mol. The van der Waals surface area contributed by atoms with Crippen LogP contribution in [-0.2, 0) is 6.54 Å². The molecule has 0 aliphatic carbocycles. The van der Waals surface area contributed by atoms with Crippen LogP contribution in [0.4, 0.5) is 0 Å². The molecule has 0 aliphatic rings. The van der Waals surface area contributed by atoms with Crippen molar-refractivity contribution in [2.24, 2.45) is 0 Å². The maximum absolute atomic E-state index is 12.6. The van der Waals surface area contributed by atoms with Gasteiger partial charge >= 0.3 is 0 Å². The Morgan fingerprint density at radius 1 is 1.26 bits per heavy atom. The molecule has 0 saturated heterocycles. The van der Waals surface area contributed by atoms with Gasteiger partial charge in [-0.2, -0.15) is 0 Å². The number of rotatable bonds is 5. The van der Waals surface area contributed by atoms with Crippen molar-refractivity contribution in [3.05, 3.63) is 65.0 Å². The van der Waals surface area contributed by atoms with Crippen molar-refractivity contribution in [1.29, 1.82) is 0 Å². The lowest BCUT2D eigenvalue weighted by Gasteiger charge is -2.16. The largest absolute Gasteiger partial charge is 0.490 e. The first kappa shape index (κ1) is 15.2. The van der Waals surface area contributed by atoms with Gasteiger partial charge in [-0.05, 0) is 25.5 Å². The van der Waals surface area contributed by atoms with Crippen LogP contribution in [0.3, 0.4) is 0 Å². The minimum atomic E-state index is -0.0734. The van der Waals surface area contributed by atoms with E-state index in [2.05, 4.69) is 16.9 Å². The first-order valence-electron chi connectivity index (χ1n) is 7.72. The smallest absolute Gasteiger partial charge is 0.261 e. The average Bonchev–Trinajstić information content (AvgIpc) is 2.59. The van der Waals surface area contributed by atoms with Gasteiger partial charge in [-0.25, -0.2) is 4.98 Å². The van der Waals surface area contributed by atoms with Crippen LogP contribution in [0.2, 0.25) is 0 Å². The fourth-order valence-corrected chi connectivity index (χ4v) is 2.35. The van der Waals surface area contributed by atoms with Crippen LogP contribution in [0.1, 0.15) is 25.8 Å². The summed E-state index contributed by atoms with van der Waals surface area (Å²) in [6, 6.07) is 9.49. The zero-order valence-corrected chi connectivity index (χ0v) is 13.3. The van der Waals surface area contributed by atoms with Crippen molar-refractivity contribution in [2.45, 2.75) is 32.9 Å². The van der Waals surface area contributed by atoms with Crippen LogP contribution < -0.4 is 10.3 Å². The van der Waals surface area contributed by atoms with E-state index in [1.165, 1.54) is 0 Å². The van der Waals surface area contributed by atoms with Crippen molar-refractivity contribution >= 4 is 10.9 Å². The predicted octanol–water partition coefficient (Wildman–Crippen LogP) is 3.02. The van der Waals surface area contributed by atoms with Crippen LogP contribution in [0.5, 0.6) is 5.75 Å². The molecular weight excluding hydrogens is 290 g/mol. The summed E-state index contributed by atoms with van der Waals surface area (Å²) in [5, 5.41) is 0.572. The molecule has 2 aromatic heterocycles. The molecule has 0 saturated carbocycles. The van der Waals surface area contributed by atoms with Gasteiger partial charge in [-0.1, -0.05) is 25.1 Å². The lowest BCUT2D eigenvalue weighted by atomic mass is 10.2. The van der Waals surface area contributed by atoms with E-state index in [0.29, 0.717) is 17.4 Å². The van der Waals surface area contributed by atoms with Gasteiger partial charge in [0, 0.05) is 11.8 Å². The van der Waals surface area contributed by atoms with Crippen molar-refractivity contribution < 1.29 is 4.74 Å². The third-order valence-corrected chi connectivity index (χ3v) is 3.84. The van der Waals surface area contributed by atoms with Crippen molar-refractivity contribution in [3.63, 3.8) is 0 Å². The molecule has 0 spiro atoms. The first-order chi connectivity index (χ1) is 11.2. The number of pyridine rings is 1. The van der Waals surface area contributed by atoms with Crippen LogP contribution in [0.25, 0.3) is 10.9 Å². The summed E-state index contributed by atoms with van der Waals surface area (Å²) in [6.07, 6.45) is 5.83. The highest BCUT2D eigenvalue weighted by Gasteiger charge is 2.09. The molecule has 3 rings (SSSR count). The Balaban J connectivity index is 1.97. The van der Waals surface area contributed by atoms with Crippen molar-refractivity contribution in [2.75, 3.05) is 0 Å². The quantitative estimate of drug-likeness (QED) is 0.727. The van der Waals surface area contributed by atoms with Gasteiger partial charge in [-0.3, -0.25) is 14.3 Å². The molecule has 3 aromatic rings. The maximum Gasteiger partial charge on any atom is 0.261 e. The Morgan fingerprint density at radius 2 is 2.09 bits per heavy atom. The summed E-state index contributed by atoms with van der Waals surface area (Å²) in [6.45, 7) is 4.54. The number of para-hydroxylation sites is 1. The normalized spacial score (nSPS) is 12.3. The zero-order chi connectivity index (χ0) is 16.2. The van der Waals surface area contributed by atoms with Gasteiger partial charge < -0.3 is 4.74 Å². The highest BCUT2D eigenvalue weighted by molar-refractivity contribution is 5.75. The van der Waals surface area contributed by atoms with E-state index >= 15 is 0 Å². The number of ether oxygens (including phenoxy) is 1. The molecule has 1 atom stereocenters. The Hall–Kier alpha value is -2.69. The SMILES string of the molecule is CCC(C)Oc1ccccc1Cn1cnc2cnccc2c1=O. The number of hydrogen-bond acceptors (Lipinski definition) is 4. The molecule has 0 bridgehead atoms. The Kier molecular flexibility index (Phi) is 4.37. The van der Waals surface area contributed by atoms with Gasteiger partial charge in [0.05, 0.1) is 36.1 Å².